The first-order chi connectivity index (χ1) is 15.2. The average molecular weight is 447 g/mol. The number of anilines is 1. The summed E-state index contributed by atoms with van der Waals surface area (Å²) in [5, 5.41) is 9.39. The second kappa shape index (κ2) is 7.15. The van der Waals surface area contributed by atoms with Crippen LogP contribution >= 0.6 is 23.2 Å². The van der Waals surface area contributed by atoms with E-state index in [1.165, 1.54) is 0 Å². The Morgan fingerprint density at radius 3 is 2.26 bits per heavy atom. The van der Waals surface area contributed by atoms with Crippen molar-refractivity contribution in [2.24, 2.45) is 0 Å². The minimum absolute atomic E-state index is 0.208. The molecule has 0 amide bonds. The summed E-state index contributed by atoms with van der Waals surface area (Å²) in [6.07, 6.45) is 1.24. The van der Waals surface area contributed by atoms with Crippen LogP contribution in [-0.2, 0) is 0 Å². The van der Waals surface area contributed by atoms with E-state index in [1.54, 1.807) is 6.33 Å². The van der Waals surface area contributed by atoms with Crippen molar-refractivity contribution in [2.45, 2.75) is 12.1 Å². The zero-order valence-electron chi connectivity index (χ0n) is 16.2. The Morgan fingerprint density at radius 2 is 1.52 bits per heavy atom. The number of aromatic nitrogens is 3. The van der Waals surface area contributed by atoms with E-state index < -0.39 is 0 Å². The third-order valence-electron chi connectivity index (χ3n) is 5.68. The molecule has 0 spiro atoms. The van der Waals surface area contributed by atoms with Gasteiger partial charge < -0.3 is 10.1 Å². The van der Waals surface area contributed by atoms with Crippen LogP contribution < -0.4 is 10.1 Å². The Bertz CT molecular complexity index is 1310. The normalized spacial score (nSPS) is 19.0. The number of fused-ring (bicyclic) bond motifs is 3. The van der Waals surface area contributed by atoms with Crippen LogP contribution in [-0.4, -0.2) is 14.8 Å². The van der Waals surface area contributed by atoms with E-state index in [0.29, 0.717) is 16.0 Å². The molecular weight excluding hydrogens is 431 g/mol. The number of rotatable bonds is 2. The summed E-state index contributed by atoms with van der Waals surface area (Å²) in [7, 11) is 0. The van der Waals surface area contributed by atoms with E-state index in [2.05, 4.69) is 21.5 Å². The summed E-state index contributed by atoms with van der Waals surface area (Å²) in [4.78, 5) is 4.45. The smallest absolute Gasteiger partial charge is 0.226 e. The van der Waals surface area contributed by atoms with Crippen molar-refractivity contribution in [3.63, 3.8) is 0 Å². The number of para-hydroxylation sites is 1. The fraction of sp³-hybridized carbons (Fsp3) is 0.0833. The molecule has 0 aliphatic carbocycles. The van der Waals surface area contributed by atoms with Crippen LogP contribution in [0.2, 0.25) is 10.0 Å². The molecule has 0 bridgehead atoms. The number of benzene rings is 3. The predicted molar refractivity (Wildman–Crippen MR) is 121 cm³/mol. The van der Waals surface area contributed by atoms with E-state index in [0.717, 1.165) is 33.7 Å². The van der Waals surface area contributed by atoms with E-state index in [4.69, 9.17) is 27.9 Å². The first-order valence-electron chi connectivity index (χ1n) is 9.86. The quantitative estimate of drug-likeness (QED) is 0.401. The molecule has 0 radical (unpaired) electrons. The molecule has 0 saturated heterocycles. The maximum atomic E-state index is 6.57. The average Bonchev–Trinajstić information content (AvgIpc) is 3.27. The molecule has 1 aromatic heterocycles. The van der Waals surface area contributed by atoms with Crippen molar-refractivity contribution >= 4 is 34.8 Å². The summed E-state index contributed by atoms with van der Waals surface area (Å²) in [6.45, 7) is 0. The lowest BCUT2D eigenvalue weighted by Gasteiger charge is -2.39. The van der Waals surface area contributed by atoms with Crippen LogP contribution in [0.1, 0.15) is 28.8 Å². The summed E-state index contributed by atoms with van der Waals surface area (Å²) in [5.41, 5.74) is 5.10. The van der Waals surface area contributed by atoms with Gasteiger partial charge in [0.1, 0.15) is 24.2 Å². The molecular formula is C24H16Cl2N4O. The lowest BCUT2D eigenvalue weighted by atomic mass is 9.84. The van der Waals surface area contributed by atoms with Crippen molar-refractivity contribution in [3.8, 4) is 5.75 Å². The van der Waals surface area contributed by atoms with Gasteiger partial charge in [0.2, 0.25) is 5.95 Å². The minimum Gasteiger partial charge on any atom is -0.480 e. The molecule has 1 N–H and O–H groups in total. The fourth-order valence-corrected chi connectivity index (χ4v) is 4.55. The van der Waals surface area contributed by atoms with E-state index >= 15 is 0 Å². The van der Waals surface area contributed by atoms with E-state index in [1.807, 2.05) is 71.4 Å². The van der Waals surface area contributed by atoms with Gasteiger partial charge in [-0.2, -0.15) is 10.1 Å². The number of nitrogens with one attached hydrogen (secondary N) is 1. The van der Waals surface area contributed by atoms with Crippen molar-refractivity contribution < 1.29 is 4.74 Å². The monoisotopic (exact) mass is 446 g/mol. The Kier molecular flexibility index (Phi) is 4.26. The number of hydrogen-bond acceptors (Lipinski definition) is 4. The van der Waals surface area contributed by atoms with E-state index in [9.17, 15) is 0 Å². The topological polar surface area (TPSA) is 52.0 Å². The zero-order chi connectivity index (χ0) is 20.9. The Balaban J connectivity index is 1.62. The first-order valence-corrected chi connectivity index (χ1v) is 10.6. The van der Waals surface area contributed by atoms with Gasteiger partial charge in [-0.1, -0.05) is 59.6 Å². The van der Waals surface area contributed by atoms with Gasteiger partial charge in [0.05, 0.1) is 5.70 Å². The molecule has 0 saturated carbocycles. The van der Waals surface area contributed by atoms with Gasteiger partial charge in [-0.25, -0.2) is 4.68 Å². The number of hydrogen-bond donors (Lipinski definition) is 1. The van der Waals surface area contributed by atoms with Crippen molar-refractivity contribution in [1.82, 2.24) is 14.8 Å². The summed E-state index contributed by atoms with van der Waals surface area (Å²) < 4.78 is 8.46. The van der Waals surface area contributed by atoms with E-state index in [-0.39, 0.29) is 12.1 Å². The molecule has 31 heavy (non-hydrogen) atoms. The maximum Gasteiger partial charge on any atom is 0.226 e. The fourth-order valence-electron chi connectivity index (χ4n) is 4.30. The highest BCUT2D eigenvalue weighted by Crippen LogP contribution is 2.50. The number of halogens is 2. The molecule has 7 heteroatoms. The summed E-state index contributed by atoms with van der Waals surface area (Å²) >= 11 is 12.3. The number of nitrogens with zero attached hydrogens (tertiary/aromatic N) is 3. The van der Waals surface area contributed by atoms with Gasteiger partial charge in [-0.3, -0.25) is 0 Å². The Morgan fingerprint density at radius 1 is 0.839 bits per heavy atom. The zero-order valence-corrected chi connectivity index (χ0v) is 17.7. The third-order valence-corrected chi connectivity index (χ3v) is 6.18. The molecule has 6 rings (SSSR count). The lowest BCUT2D eigenvalue weighted by Crippen LogP contribution is -2.32. The van der Waals surface area contributed by atoms with Gasteiger partial charge in [0.15, 0.2) is 0 Å². The Hall–Kier alpha value is -3.28. The molecule has 2 atom stereocenters. The van der Waals surface area contributed by atoms with Crippen molar-refractivity contribution in [3.05, 3.63) is 111 Å². The van der Waals surface area contributed by atoms with Crippen LogP contribution in [0.25, 0.3) is 5.70 Å². The summed E-state index contributed by atoms with van der Waals surface area (Å²) in [5.74, 6) is 1.50. The SMILES string of the molecule is Clc1ccc([C@@H]2Oc3ccccc3C3=C2[C@@H](c2ccc(Cl)cc2)n2ncnc2N3)cc1. The molecule has 152 valence electrons. The van der Waals surface area contributed by atoms with Gasteiger partial charge in [0, 0.05) is 21.2 Å². The van der Waals surface area contributed by atoms with Gasteiger partial charge in [-0.15, -0.1) is 0 Å². The molecule has 3 heterocycles. The summed E-state index contributed by atoms with van der Waals surface area (Å²) in [6, 6.07) is 23.4. The van der Waals surface area contributed by atoms with Gasteiger partial charge in [-0.05, 0) is 47.5 Å². The standard InChI is InChI=1S/C24H16Cl2N4O/c25-16-9-5-14(6-10-16)22-20-21(29-24-27-13-28-30(22)24)18-3-1-2-4-19(18)31-23(20)15-7-11-17(26)12-8-15/h1-13,22-23H,(H,27,28,29)/t22-,23+/m1/s1. The molecule has 0 fully saturated rings. The highest BCUT2D eigenvalue weighted by molar-refractivity contribution is 6.30. The first kappa shape index (κ1) is 18.5. The van der Waals surface area contributed by atoms with Crippen LogP contribution in [0.3, 0.4) is 0 Å². The Labute approximate surface area is 188 Å². The van der Waals surface area contributed by atoms with Crippen molar-refractivity contribution in [1.29, 1.82) is 0 Å². The maximum absolute atomic E-state index is 6.57. The highest BCUT2D eigenvalue weighted by atomic mass is 35.5. The third kappa shape index (κ3) is 3.00. The molecule has 4 aromatic rings. The van der Waals surface area contributed by atoms with Crippen LogP contribution in [0, 0.1) is 0 Å². The van der Waals surface area contributed by atoms with Gasteiger partial charge in [0.25, 0.3) is 0 Å². The van der Waals surface area contributed by atoms with Crippen LogP contribution in [0.15, 0.2) is 84.7 Å². The predicted octanol–water partition coefficient (Wildman–Crippen LogP) is 6.14. The molecule has 5 nitrogen and oxygen atoms in total. The largest absolute Gasteiger partial charge is 0.480 e. The molecule has 2 aliphatic rings. The molecule has 3 aromatic carbocycles. The molecule has 0 unspecified atom stereocenters. The highest BCUT2D eigenvalue weighted by Gasteiger charge is 2.40. The lowest BCUT2D eigenvalue weighted by molar-refractivity contribution is 0.223. The van der Waals surface area contributed by atoms with Gasteiger partial charge >= 0.3 is 0 Å². The molecule has 2 aliphatic heterocycles. The van der Waals surface area contributed by atoms with Crippen LogP contribution in [0.4, 0.5) is 5.95 Å². The minimum atomic E-state index is -0.326. The second-order valence-electron chi connectivity index (χ2n) is 7.48. The number of ether oxygens (including phenoxy) is 1. The van der Waals surface area contributed by atoms with Crippen molar-refractivity contribution in [2.75, 3.05) is 5.32 Å². The second-order valence-corrected chi connectivity index (χ2v) is 8.36. The van der Waals surface area contributed by atoms with Crippen LogP contribution in [0.5, 0.6) is 5.75 Å².